The van der Waals surface area contributed by atoms with E-state index in [1.165, 1.54) is 54.7 Å². The average molecular weight is 908 g/mol. The molecule has 15 aromatic rings. The van der Waals surface area contributed by atoms with Gasteiger partial charge in [0.05, 0.1) is 39.0 Å². The summed E-state index contributed by atoms with van der Waals surface area (Å²) in [5.41, 5.74) is 19.6. The van der Waals surface area contributed by atoms with E-state index in [0.717, 1.165) is 107 Å². The van der Waals surface area contributed by atoms with Gasteiger partial charge in [-0.05, 0) is 114 Å². The fraction of sp³-hybridized carbons (Fsp3) is 0.0303. The standard InChI is InChI=1S/C66H41N3O2/c1-8-25-55-45(18-1)46-19-2-9-26-56(46)67(55)44-38-54-52-35-42(32-33-64(52)71-66(54)62(39-44)69-59-29-12-5-22-49(59)50-23-6-13-30-60(50)69)40-16-15-17-41(34-40)43-36-53-51-24-7-14-31-63(51)70-65(53)61(37-43)68-57-27-10-3-20-47(57)48-21-4-11-28-58(48)68/h1-12,14-29,31-39H,13,30H2. The van der Waals surface area contributed by atoms with Gasteiger partial charge in [0.2, 0.25) is 0 Å². The van der Waals surface area contributed by atoms with Gasteiger partial charge in [0.15, 0.2) is 11.2 Å². The summed E-state index contributed by atoms with van der Waals surface area (Å²) in [6, 6.07) is 77.1. The fourth-order valence-corrected chi connectivity index (χ4v) is 12.2. The normalized spacial score (nSPS) is 12.9. The highest BCUT2D eigenvalue weighted by molar-refractivity contribution is 6.15. The number of hydrogen-bond donors (Lipinski definition) is 0. The van der Waals surface area contributed by atoms with Crippen LogP contribution in [0.15, 0.2) is 227 Å². The number of para-hydroxylation sites is 6. The highest BCUT2D eigenvalue weighted by Gasteiger charge is 2.25. The molecule has 5 heterocycles. The maximum Gasteiger partial charge on any atom is 0.159 e. The van der Waals surface area contributed by atoms with Gasteiger partial charge in [-0.2, -0.15) is 0 Å². The molecule has 332 valence electrons. The van der Waals surface area contributed by atoms with Crippen LogP contribution in [0, 0.1) is 0 Å². The Bertz CT molecular complexity index is 4670. The molecule has 5 nitrogen and oxygen atoms in total. The topological polar surface area (TPSA) is 41.1 Å². The molecule has 5 aromatic heterocycles. The monoisotopic (exact) mass is 907 g/mol. The number of rotatable bonds is 5. The molecule has 0 saturated heterocycles. The molecular formula is C66H41N3O2. The lowest BCUT2D eigenvalue weighted by Crippen LogP contribution is -2.05. The molecule has 10 aromatic carbocycles. The zero-order valence-electron chi connectivity index (χ0n) is 38.4. The Morgan fingerprint density at radius 3 is 1.48 bits per heavy atom. The molecule has 0 fully saturated rings. The van der Waals surface area contributed by atoms with Crippen LogP contribution in [0.5, 0.6) is 0 Å². The summed E-state index contributed by atoms with van der Waals surface area (Å²) in [5, 5.41) is 10.5. The Kier molecular flexibility index (Phi) is 7.94. The molecule has 71 heavy (non-hydrogen) atoms. The second kappa shape index (κ2) is 14.6. The molecule has 16 rings (SSSR count). The van der Waals surface area contributed by atoms with Crippen molar-refractivity contribution >= 4 is 104 Å². The highest BCUT2D eigenvalue weighted by Crippen LogP contribution is 2.45. The van der Waals surface area contributed by atoms with Gasteiger partial charge in [-0.1, -0.05) is 146 Å². The summed E-state index contributed by atoms with van der Waals surface area (Å²) in [5.74, 6) is 0. The Balaban J connectivity index is 0.920. The lowest BCUT2D eigenvalue weighted by Gasteiger charge is -2.16. The van der Waals surface area contributed by atoms with Gasteiger partial charge in [-0.3, -0.25) is 0 Å². The van der Waals surface area contributed by atoms with Gasteiger partial charge in [-0.15, -0.1) is 0 Å². The van der Waals surface area contributed by atoms with Crippen molar-refractivity contribution in [3.05, 3.63) is 230 Å². The lowest BCUT2D eigenvalue weighted by molar-refractivity contribution is 0.664. The molecular weight excluding hydrogens is 867 g/mol. The molecule has 0 saturated carbocycles. The number of fused-ring (bicyclic) bond motifs is 15. The number of furan rings is 2. The minimum absolute atomic E-state index is 0.860. The number of aromatic nitrogens is 3. The van der Waals surface area contributed by atoms with Gasteiger partial charge < -0.3 is 22.5 Å². The Hall–Kier alpha value is -9.32. The first-order chi connectivity index (χ1) is 35.2. The van der Waals surface area contributed by atoms with Gasteiger partial charge in [0.1, 0.15) is 11.2 Å². The first-order valence-corrected chi connectivity index (χ1v) is 24.5. The molecule has 0 N–H and O–H groups in total. The van der Waals surface area contributed by atoms with Gasteiger partial charge in [0.25, 0.3) is 0 Å². The van der Waals surface area contributed by atoms with Crippen LogP contribution in [-0.2, 0) is 6.42 Å². The molecule has 0 spiro atoms. The Labute approximate surface area is 406 Å². The van der Waals surface area contributed by atoms with Crippen LogP contribution in [0.4, 0.5) is 0 Å². The van der Waals surface area contributed by atoms with Gasteiger partial charge >= 0.3 is 0 Å². The first kappa shape index (κ1) is 38.6. The predicted octanol–water partition coefficient (Wildman–Crippen LogP) is 17.9. The Morgan fingerprint density at radius 2 is 0.817 bits per heavy atom. The summed E-state index contributed by atoms with van der Waals surface area (Å²) in [4.78, 5) is 0. The Morgan fingerprint density at radius 1 is 0.324 bits per heavy atom. The highest BCUT2D eigenvalue weighted by atomic mass is 16.3. The van der Waals surface area contributed by atoms with Crippen molar-refractivity contribution in [2.75, 3.05) is 0 Å². The maximum absolute atomic E-state index is 7.10. The summed E-state index contributed by atoms with van der Waals surface area (Å²) < 4.78 is 21.2. The van der Waals surface area contributed by atoms with Crippen molar-refractivity contribution in [1.29, 1.82) is 0 Å². The smallest absolute Gasteiger partial charge is 0.159 e. The molecule has 0 amide bonds. The molecule has 0 unspecified atom stereocenters. The number of benzene rings is 10. The van der Waals surface area contributed by atoms with Crippen LogP contribution >= 0.6 is 0 Å². The van der Waals surface area contributed by atoms with Crippen molar-refractivity contribution in [3.63, 3.8) is 0 Å². The average Bonchev–Trinajstić information content (AvgIpc) is 4.24. The molecule has 1 aliphatic carbocycles. The van der Waals surface area contributed by atoms with Crippen LogP contribution < -0.4 is 0 Å². The number of nitrogens with zero attached hydrogens (tertiary/aromatic N) is 3. The molecule has 0 radical (unpaired) electrons. The molecule has 1 aliphatic rings. The first-order valence-electron chi connectivity index (χ1n) is 24.5. The summed E-state index contributed by atoms with van der Waals surface area (Å²) in [6.45, 7) is 0. The van der Waals surface area contributed by atoms with E-state index in [4.69, 9.17) is 8.83 Å². The predicted molar refractivity (Wildman–Crippen MR) is 295 cm³/mol. The van der Waals surface area contributed by atoms with Gasteiger partial charge in [-0.25, -0.2) is 0 Å². The third-order valence-corrected chi connectivity index (χ3v) is 15.3. The molecule has 0 atom stereocenters. The number of hydrogen-bond acceptors (Lipinski definition) is 2. The van der Waals surface area contributed by atoms with E-state index < -0.39 is 0 Å². The van der Waals surface area contributed by atoms with E-state index in [0.29, 0.717) is 0 Å². The summed E-state index contributed by atoms with van der Waals surface area (Å²) >= 11 is 0. The van der Waals surface area contributed by atoms with E-state index in [1.807, 2.05) is 0 Å². The number of allylic oxidation sites excluding steroid dienone is 1. The van der Waals surface area contributed by atoms with Crippen LogP contribution in [0.2, 0.25) is 0 Å². The second-order valence-corrected chi connectivity index (χ2v) is 19.1. The third kappa shape index (κ3) is 5.51. The van der Waals surface area contributed by atoms with Crippen LogP contribution in [0.1, 0.15) is 17.7 Å². The van der Waals surface area contributed by atoms with Crippen molar-refractivity contribution in [2.24, 2.45) is 0 Å². The van der Waals surface area contributed by atoms with Crippen LogP contribution in [0.3, 0.4) is 0 Å². The molecule has 5 heteroatoms. The largest absolute Gasteiger partial charge is 0.454 e. The van der Waals surface area contributed by atoms with E-state index in [1.54, 1.807) is 0 Å². The fourth-order valence-electron chi connectivity index (χ4n) is 12.2. The van der Waals surface area contributed by atoms with Crippen molar-refractivity contribution in [1.82, 2.24) is 13.7 Å². The minimum atomic E-state index is 0.860. The quantitative estimate of drug-likeness (QED) is 0.173. The maximum atomic E-state index is 7.10. The van der Waals surface area contributed by atoms with Crippen molar-refractivity contribution in [3.8, 4) is 39.3 Å². The summed E-state index contributed by atoms with van der Waals surface area (Å²) in [7, 11) is 0. The minimum Gasteiger partial charge on any atom is -0.454 e. The van der Waals surface area contributed by atoms with E-state index in [2.05, 4.69) is 238 Å². The van der Waals surface area contributed by atoms with Crippen molar-refractivity contribution < 1.29 is 8.83 Å². The van der Waals surface area contributed by atoms with Crippen molar-refractivity contribution in [2.45, 2.75) is 12.8 Å². The van der Waals surface area contributed by atoms with Crippen LogP contribution in [-0.4, -0.2) is 13.7 Å². The van der Waals surface area contributed by atoms with E-state index >= 15 is 0 Å². The zero-order chi connectivity index (χ0) is 46.3. The van der Waals surface area contributed by atoms with E-state index in [9.17, 15) is 0 Å². The van der Waals surface area contributed by atoms with Crippen LogP contribution in [0.25, 0.3) is 144 Å². The second-order valence-electron chi connectivity index (χ2n) is 19.1. The third-order valence-electron chi connectivity index (χ3n) is 15.3. The van der Waals surface area contributed by atoms with Gasteiger partial charge in [0, 0.05) is 65.4 Å². The lowest BCUT2D eigenvalue weighted by atomic mass is 9.96. The molecule has 0 bridgehead atoms. The zero-order valence-corrected chi connectivity index (χ0v) is 38.4. The summed E-state index contributed by atoms with van der Waals surface area (Å²) in [6.07, 6.45) is 6.57. The van der Waals surface area contributed by atoms with E-state index in [-0.39, 0.29) is 0 Å². The SMILES string of the molecule is C1=Cc2c(n(-c3cc(-n4c5ccccc5c5ccccc54)cc4c3oc3ccc(-c5cccc(-c6cc(-n7c8ccccc8c8ccccc87)c7oc8ccccc8c7c6)c5)cc34)c3ccccc23)CC1. The molecule has 0 aliphatic heterocycles.